The molecule has 3 N–H and O–H groups in total. The Hall–Kier alpha value is -0.460. The van der Waals surface area contributed by atoms with E-state index < -0.39 is 30.0 Å². The predicted molar refractivity (Wildman–Crippen MR) is 85.3 cm³/mol. The molecule has 2 aliphatic carbocycles. The molecule has 4 nitrogen and oxygen atoms in total. The third kappa shape index (κ3) is 2.87. The average Bonchev–Trinajstić information content (AvgIpc) is 2.75. The molecule has 23 heavy (non-hydrogen) atoms. The van der Waals surface area contributed by atoms with E-state index in [9.17, 15) is 13.9 Å². The zero-order valence-corrected chi connectivity index (χ0v) is 14.1. The summed E-state index contributed by atoms with van der Waals surface area (Å²) >= 11 is 6.28. The first-order valence-corrected chi connectivity index (χ1v) is 8.91. The van der Waals surface area contributed by atoms with E-state index in [1.165, 1.54) is 0 Å². The lowest BCUT2D eigenvalue weighted by Gasteiger charge is -2.47. The Bertz CT molecular complexity index is 481. The second-order valence-corrected chi connectivity index (χ2v) is 7.64. The number of fused-ring (bicyclic) bond motifs is 1. The van der Waals surface area contributed by atoms with Gasteiger partial charge in [0.15, 0.2) is 0 Å². The van der Waals surface area contributed by atoms with Crippen molar-refractivity contribution in [1.29, 1.82) is 0 Å². The minimum atomic E-state index is -1.61. The standard InChI is InChI=1S/C16H25ClF2N2O2/c1-2-23-14-7-12(19)11(18)6-10(14)16(22)9-5-8(17)3-4-13(9)21-15(16)20/h8-14,22H,2-7H2,1H3,(H2,20,21). The van der Waals surface area contributed by atoms with Crippen molar-refractivity contribution in [2.45, 2.75) is 74.5 Å². The quantitative estimate of drug-likeness (QED) is 0.768. The largest absolute Gasteiger partial charge is 0.385 e. The highest BCUT2D eigenvalue weighted by molar-refractivity contribution is 6.20. The first kappa shape index (κ1) is 17.4. The molecule has 3 aliphatic rings. The van der Waals surface area contributed by atoms with Crippen molar-refractivity contribution in [3.05, 3.63) is 0 Å². The maximum Gasteiger partial charge on any atom is 0.134 e. The van der Waals surface area contributed by atoms with Crippen LogP contribution in [-0.4, -0.2) is 53.0 Å². The highest BCUT2D eigenvalue weighted by Gasteiger charge is 2.60. The molecule has 0 bridgehead atoms. The van der Waals surface area contributed by atoms with E-state index in [0.29, 0.717) is 13.0 Å². The summed E-state index contributed by atoms with van der Waals surface area (Å²) in [6.45, 7) is 2.18. The molecule has 132 valence electrons. The molecule has 0 spiro atoms. The van der Waals surface area contributed by atoms with Crippen LogP contribution in [0, 0.1) is 11.8 Å². The van der Waals surface area contributed by atoms with Crippen molar-refractivity contribution in [2.75, 3.05) is 6.61 Å². The Morgan fingerprint density at radius 2 is 1.96 bits per heavy atom. The van der Waals surface area contributed by atoms with Gasteiger partial charge in [-0.15, -0.1) is 11.6 Å². The fourth-order valence-electron chi connectivity index (χ4n) is 4.60. The van der Waals surface area contributed by atoms with Crippen LogP contribution in [0.25, 0.3) is 0 Å². The lowest BCUT2D eigenvalue weighted by Crippen LogP contribution is -2.61. The number of aliphatic hydroxyl groups is 1. The fraction of sp³-hybridized carbons (Fsp3) is 0.938. The summed E-state index contributed by atoms with van der Waals surface area (Å²) in [5.74, 6) is -0.697. The zero-order chi connectivity index (χ0) is 16.8. The van der Waals surface area contributed by atoms with Crippen LogP contribution in [0.3, 0.4) is 0 Å². The topological polar surface area (TPSA) is 67.8 Å². The molecule has 1 heterocycles. The number of amidine groups is 1. The maximum atomic E-state index is 14.0. The van der Waals surface area contributed by atoms with E-state index >= 15 is 0 Å². The van der Waals surface area contributed by atoms with Crippen LogP contribution in [0.2, 0.25) is 0 Å². The molecule has 2 fully saturated rings. The molecule has 7 heteroatoms. The van der Waals surface area contributed by atoms with Crippen molar-refractivity contribution in [1.82, 2.24) is 0 Å². The summed E-state index contributed by atoms with van der Waals surface area (Å²) < 4.78 is 33.5. The van der Waals surface area contributed by atoms with E-state index in [-0.39, 0.29) is 36.0 Å². The molecule has 0 saturated heterocycles. The molecule has 8 atom stereocenters. The predicted octanol–water partition coefficient (Wildman–Crippen LogP) is 2.36. The van der Waals surface area contributed by atoms with Gasteiger partial charge in [0.2, 0.25) is 0 Å². The number of ether oxygens (including phenoxy) is 1. The van der Waals surface area contributed by atoms with E-state index in [1.807, 2.05) is 0 Å². The Morgan fingerprint density at radius 1 is 1.26 bits per heavy atom. The molecule has 0 aromatic heterocycles. The molecule has 8 unspecified atom stereocenters. The summed E-state index contributed by atoms with van der Waals surface area (Å²) in [7, 11) is 0. The second kappa shape index (κ2) is 6.45. The second-order valence-electron chi connectivity index (χ2n) is 7.03. The number of nitrogens with zero attached hydrogens (tertiary/aromatic N) is 1. The van der Waals surface area contributed by atoms with Crippen molar-refractivity contribution in [2.24, 2.45) is 22.6 Å². The van der Waals surface area contributed by atoms with Gasteiger partial charge in [-0.1, -0.05) is 0 Å². The molecular weight excluding hydrogens is 326 g/mol. The van der Waals surface area contributed by atoms with Gasteiger partial charge in [0.05, 0.1) is 12.1 Å². The number of hydrogen-bond acceptors (Lipinski definition) is 4. The summed E-state index contributed by atoms with van der Waals surface area (Å²) in [6, 6.07) is -0.0848. The van der Waals surface area contributed by atoms with Crippen LogP contribution < -0.4 is 5.73 Å². The Kier molecular flexibility index (Phi) is 4.87. The molecule has 1 aliphatic heterocycles. The van der Waals surface area contributed by atoms with E-state index in [2.05, 4.69) is 4.99 Å². The van der Waals surface area contributed by atoms with Gasteiger partial charge in [-0.05, 0) is 32.6 Å². The van der Waals surface area contributed by atoms with E-state index in [0.717, 1.165) is 12.8 Å². The van der Waals surface area contributed by atoms with Gasteiger partial charge >= 0.3 is 0 Å². The van der Waals surface area contributed by atoms with E-state index in [4.69, 9.17) is 22.1 Å². The van der Waals surface area contributed by atoms with Crippen molar-refractivity contribution in [3.63, 3.8) is 0 Å². The van der Waals surface area contributed by atoms with Gasteiger partial charge < -0.3 is 15.6 Å². The van der Waals surface area contributed by atoms with Crippen LogP contribution in [0.15, 0.2) is 4.99 Å². The number of aliphatic imine (C=N–C) groups is 1. The zero-order valence-electron chi connectivity index (χ0n) is 13.3. The first-order valence-electron chi connectivity index (χ1n) is 8.47. The highest BCUT2D eigenvalue weighted by atomic mass is 35.5. The van der Waals surface area contributed by atoms with Gasteiger partial charge in [0.1, 0.15) is 23.8 Å². The molecule has 0 aromatic rings. The minimum Gasteiger partial charge on any atom is -0.385 e. The molecule has 2 saturated carbocycles. The SMILES string of the molecule is CCOC1CC(F)C(F)CC1C1(O)C(N)=NC2CCC(Cl)CC21. The van der Waals surface area contributed by atoms with E-state index in [1.54, 1.807) is 6.92 Å². The normalized spacial score (nSPS) is 50.5. The number of rotatable bonds is 3. The lowest BCUT2D eigenvalue weighted by atomic mass is 9.64. The van der Waals surface area contributed by atoms with Gasteiger partial charge in [-0.3, -0.25) is 4.99 Å². The summed E-state index contributed by atoms with van der Waals surface area (Å²) in [6.07, 6.45) is -1.72. The van der Waals surface area contributed by atoms with Crippen LogP contribution in [-0.2, 0) is 4.74 Å². The summed E-state index contributed by atoms with van der Waals surface area (Å²) in [5.41, 5.74) is 4.62. The van der Waals surface area contributed by atoms with Crippen LogP contribution >= 0.6 is 11.6 Å². The van der Waals surface area contributed by atoms with Gasteiger partial charge in [0.25, 0.3) is 0 Å². The number of alkyl halides is 3. The molecule has 0 amide bonds. The molecular formula is C16H25ClF2N2O2. The van der Waals surface area contributed by atoms with Gasteiger partial charge in [0, 0.05) is 30.2 Å². The number of nitrogens with two attached hydrogens (primary N) is 1. The Morgan fingerprint density at radius 3 is 2.65 bits per heavy atom. The highest BCUT2D eigenvalue weighted by Crippen LogP contribution is 2.49. The minimum absolute atomic E-state index is 0.0480. The molecule has 3 rings (SSSR count). The van der Waals surface area contributed by atoms with Crippen molar-refractivity contribution < 1.29 is 18.6 Å². The first-order chi connectivity index (χ1) is 10.9. The van der Waals surface area contributed by atoms with Crippen LogP contribution in [0.5, 0.6) is 0 Å². The monoisotopic (exact) mass is 350 g/mol. The fourth-order valence-corrected chi connectivity index (χ4v) is 4.92. The van der Waals surface area contributed by atoms with Gasteiger partial charge in [-0.25, -0.2) is 8.78 Å². The van der Waals surface area contributed by atoms with Crippen molar-refractivity contribution >= 4 is 17.4 Å². The third-order valence-corrected chi connectivity index (χ3v) is 6.15. The smallest absolute Gasteiger partial charge is 0.134 e. The summed E-state index contributed by atoms with van der Waals surface area (Å²) in [5, 5.41) is 11.4. The Balaban J connectivity index is 1.91. The summed E-state index contributed by atoms with van der Waals surface area (Å²) in [4.78, 5) is 4.43. The molecule has 0 radical (unpaired) electrons. The van der Waals surface area contributed by atoms with Gasteiger partial charge in [-0.2, -0.15) is 0 Å². The molecule has 0 aromatic carbocycles. The van der Waals surface area contributed by atoms with Crippen LogP contribution in [0.1, 0.15) is 39.0 Å². The lowest BCUT2D eigenvalue weighted by molar-refractivity contribution is -0.129. The number of hydrogen-bond donors (Lipinski definition) is 2. The Labute approximate surface area is 140 Å². The third-order valence-electron chi connectivity index (χ3n) is 5.75. The van der Waals surface area contributed by atoms with Crippen molar-refractivity contribution in [3.8, 4) is 0 Å². The number of halogens is 3. The maximum absolute atomic E-state index is 14.0. The average molecular weight is 351 g/mol. The van der Waals surface area contributed by atoms with Crippen LogP contribution in [0.4, 0.5) is 8.78 Å².